The minimum Gasteiger partial charge on any atom is -0.508 e. The molecular formula is C29H24O12. The van der Waals surface area contributed by atoms with E-state index in [1.807, 2.05) is 0 Å². The van der Waals surface area contributed by atoms with E-state index in [4.69, 9.17) is 18.6 Å². The van der Waals surface area contributed by atoms with E-state index in [-0.39, 0.29) is 46.1 Å². The smallest absolute Gasteiger partial charge is 0.336 e. The molecule has 0 amide bonds. The number of rotatable bonds is 6. The van der Waals surface area contributed by atoms with Gasteiger partial charge in [-0.25, -0.2) is 4.79 Å². The molecule has 4 aromatic rings. The molecule has 12 heteroatoms. The Hall–Kier alpha value is -4.88. The molecule has 1 aliphatic rings. The molecule has 1 aliphatic heterocycles. The summed E-state index contributed by atoms with van der Waals surface area (Å²) in [5.41, 5.74) is -0.217. The van der Waals surface area contributed by atoms with Crippen LogP contribution in [0.1, 0.15) is 5.56 Å². The van der Waals surface area contributed by atoms with Crippen LogP contribution in [-0.4, -0.2) is 67.8 Å². The average molecular weight is 564 g/mol. The lowest BCUT2D eigenvalue weighted by molar-refractivity contribution is -0.242. The summed E-state index contributed by atoms with van der Waals surface area (Å²) in [4.78, 5) is 25.2. The van der Waals surface area contributed by atoms with Gasteiger partial charge in [-0.3, -0.25) is 4.79 Å². The predicted molar refractivity (Wildman–Crippen MR) is 142 cm³/mol. The Morgan fingerprint density at radius 2 is 1.61 bits per heavy atom. The number of phenols is 2. The van der Waals surface area contributed by atoms with Crippen LogP contribution >= 0.6 is 0 Å². The molecule has 1 fully saturated rings. The van der Waals surface area contributed by atoms with Gasteiger partial charge in [-0.1, -0.05) is 12.1 Å². The third-order valence-electron chi connectivity index (χ3n) is 6.27. The largest absolute Gasteiger partial charge is 0.508 e. The van der Waals surface area contributed by atoms with Crippen molar-refractivity contribution in [2.75, 3.05) is 6.61 Å². The van der Waals surface area contributed by atoms with Crippen LogP contribution in [0.25, 0.3) is 28.4 Å². The van der Waals surface area contributed by atoms with Crippen LogP contribution in [0.2, 0.25) is 0 Å². The van der Waals surface area contributed by atoms with E-state index in [0.29, 0.717) is 5.56 Å². The number of aliphatic hydroxyl groups excluding tert-OH is 3. The van der Waals surface area contributed by atoms with Gasteiger partial charge in [-0.15, -0.1) is 0 Å². The summed E-state index contributed by atoms with van der Waals surface area (Å²) >= 11 is 0. The molecule has 0 saturated carbocycles. The van der Waals surface area contributed by atoms with Crippen molar-refractivity contribution in [3.05, 3.63) is 82.5 Å². The van der Waals surface area contributed by atoms with Crippen LogP contribution in [0.3, 0.4) is 0 Å². The maximum atomic E-state index is 12.9. The standard InChI is InChI=1S/C29H24O12/c30-16-6-1-14(2-7-16)3-10-22(33)39-18-11-19(31)23-21(12-18)41-28(26(36)25(23)35)15-4-8-17(9-5-15)40-29-27(37)24(34)20(32)13-38-29/h1-12,20,24,27,29-32,34,36-37H,13H2/t20-,24-,27+,29-/m0/s1. The first-order valence-corrected chi connectivity index (χ1v) is 12.3. The lowest BCUT2D eigenvalue weighted by atomic mass is 10.1. The van der Waals surface area contributed by atoms with Gasteiger partial charge < -0.3 is 49.3 Å². The van der Waals surface area contributed by atoms with Gasteiger partial charge >= 0.3 is 5.97 Å². The highest BCUT2D eigenvalue weighted by Crippen LogP contribution is 2.36. The van der Waals surface area contributed by atoms with Crippen molar-refractivity contribution in [2.24, 2.45) is 0 Å². The van der Waals surface area contributed by atoms with Gasteiger partial charge in [-0.2, -0.15) is 0 Å². The molecule has 1 saturated heterocycles. The van der Waals surface area contributed by atoms with Crippen molar-refractivity contribution < 1.29 is 54.1 Å². The van der Waals surface area contributed by atoms with Gasteiger partial charge in [0.2, 0.25) is 17.5 Å². The van der Waals surface area contributed by atoms with E-state index in [1.165, 1.54) is 48.5 Å². The molecule has 0 radical (unpaired) electrons. The van der Waals surface area contributed by atoms with Crippen LogP contribution in [0.15, 0.2) is 76.0 Å². The van der Waals surface area contributed by atoms with Crippen molar-refractivity contribution in [1.82, 2.24) is 0 Å². The first-order valence-electron chi connectivity index (χ1n) is 12.3. The summed E-state index contributed by atoms with van der Waals surface area (Å²) in [6.07, 6.45) is -2.86. The Morgan fingerprint density at radius 1 is 0.902 bits per heavy atom. The van der Waals surface area contributed by atoms with Crippen molar-refractivity contribution in [2.45, 2.75) is 24.6 Å². The number of phenolic OH excluding ortho intramolecular Hbond substituents is 2. The van der Waals surface area contributed by atoms with Crippen molar-refractivity contribution in [1.29, 1.82) is 0 Å². The second-order valence-electron chi connectivity index (χ2n) is 9.16. The molecular weight excluding hydrogens is 540 g/mol. The number of carbonyl (C=O) groups is 1. The summed E-state index contributed by atoms with van der Waals surface area (Å²) in [6, 6.07) is 14.1. The van der Waals surface area contributed by atoms with Crippen molar-refractivity contribution in [3.63, 3.8) is 0 Å². The second-order valence-corrected chi connectivity index (χ2v) is 9.16. The van der Waals surface area contributed by atoms with Crippen LogP contribution in [0.5, 0.6) is 28.7 Å². The second kappa shape index (κ2) is 11.3. The van der Waals surface area contributed by atoms with Crippen molar-refractivity contribution >= 4 is 23.0 Å². The monoisotopic (exact) mass is 564 g/mol. The summed E-state index contributed by atoms with van der Waals surface area (Å²) in [7, 11) is 0. The van der Waals surface area contributed by atoms with Gasteiger partial charge in [0.25, 0.3) is 0 Å². The van der Waals surface area contributed by atoms with E-state index in [2.05, 4.69) is 0 Å². The number of fused-ring (bicyclic) bond motifs is 1. The molecule has 6 N–H and O–H groups in total. The first kappa shape index (κ1) is 27.7. The minimum atomic E-state index is -1.50. The van der Waals surface area contributed by atoms with Crippen molar-refractivity contribution in [3.8, 4) is 40.1 Å². The number of hydrogen-bond acceptors (Lipinski definition) is 12. The first-order chi connectivity index (χ1) is 19.6. The SMILES string of the molecule is O=C(C=Cc1ccc(O)cc1)Oc1cc(O)c2c(=O)c(O)c(-c3ccc(O[C@@H]4OC[C@H](O)[C@H](O)[C@H]4O)cc3)oc2c1. The fraction of sp³-hybridized carbons (Fsp3) is 0.172. The average Bonchev–Trinajstić information content (AvgIpc) is 2.95. The topological polar surface area (TPSA) is 196 Å². The Bertz CT molecular complexity index is 1660. The van der Waals surface area contributed by atoms with E-state index in [9.17, 15) is 40.2 Å². The molecule has 0 bridgehead atoms. The molecule has 41 heavy (non-hydrogen) atoms. The molecule has 1 aromatic heterocycles. The number of aliphatic hydroxyl groups is 3. The zero-order valence-corrected chi connectivity index (χ0v) is 21.1. The minimum absolute atomic E-state index is 0.0729. The Morgan fingerprint density at radius 3 is 2.32 bits per heavy atom. The normalized spacial score (nSPS) is 20.8. The molecule has 5 rings (SSSR count). The lowest BCUT2D eigenvalue weighted by Crippen LogP contribution is -2.54. The third kappa shape index (κ3) is 5.85. The summed E-state index contributed by atoms with van der Waals surface area (Å²) in [5.74, 6) is -2.23. The Kier molecular flexibility index (Phi) is 7.64. The fourth-order valence-corrected chi connectivity index (χ4v) is 4.12. The molecule has 3 aromatic carbocycles. The number of ether oxygens (including phenoxy) is 3. The fourth-order valence-electron chi connectivity index (χ4n) is 4.12. The van der Waals surface area contributed by atoms with Crippen LogP contribution < -0.4 is 14.9 Å². The van der Waals surface area contributed by atoms with Gasteiger partial charge in [0.05, 0.1) is 6.61 Å². The summed E-state index contributed by atoms with van der Waals surface area (Å²) in [6.45, 7) is -0.240. The highest BCUT2D eigenvalue weighted by atomic mass is 16.7. The molecule has 4 atom stereocenters. The van der Waals surface area contributed by atoms with Gasteiger partial charge in [0.1, 0.15) is 52.3 Å². The molecule has 0 unspecified atom stereocenters. The Labute approximate surface area is 231 Å². The molecule has 0 aliphatic carbocycles. The number of benzene rings is 3. The van der Waals surface area contributed by atoms with Gasteiger partial charge in [0, 0.05) is 23.8 Å². The van der Waals surface area contributed by atoms with Gasteiger partial charge in [0.15, 0.2) is 5.76 Å². The van der Waals surface area contributed by atoms with Crippen LogP contribution in [0.4, 0.5) is 0 Å². The number of hydrogen-bond donors (Lipinski definition) is 6. The van der Waals surface area contributed by atoms with E-state index in [0.717, 1.165) is 12.1 Å². The summed E-state index contributed by atoms with van der Waals surface area (Å²) in [5, 5.41) is 59.4. The maximum Gasteiger partial charge on any atom is 0.336 e. The van der Waals surface area contributed by atoms with Crippen LogP contribution in [0, 0.1) is 0 Å². The number of carbonyl (C=O) groups excluding carboxylic acids is 1. The van der Waals surface area contributed by atoms with E-state index < -0.39 is 47.5 Å². The lowest BCUT2D eigenvalue weighted by Gasteiger charge is -2.34. The number of esters is 1. The predicted octanol–water partition coefficient (Wildman–Crippen LogP) is 2.01. The summed E-state index contributed by atoms with van der Waals surface area (Å²) < 4.78 is 21.7. The Balaban J connectivity index is 1.38. The number of aromatic hydroxyl groups is 3. The highest BCUT2D eigenvalue weighted by molar-refractivity contribution is 5.91. The van der Waals surface area contributed by atoms with Crippen LogP contribution in [-0.2, 0) is 9.53 Å². The molecule has 212 valence electrons. The zero-order valence-electron chi connectivity index (χ0n) is 21.1. The zero-order chi connectivity index (χ0) is 29.3. The van der Waals surface area contributed by atoms with E-state index >= 15 is 0 Å². The third-order valence-corrected chi connectivity index (χ3v) is 6.27. The molecule has 0 spiro atoms. The quantitative estimate of drug-likeness (QED) is 0.113. The van der Waals surface area contributed by atoms with Gasteiger partial charge in [-0.05, 0) is 48.0 Å². The molecule has 2 heterocycles. The maximum absolute atomic E-state index is 12.9. The highest BCUT2D eigenvalue weighted by Gasteiger charge is 2.39. The van der Waals surface area contributed by atoms with E-state index in [1.54, 1.807) is 12.1 Å². The molecule has 12 nitrogen and oxygen atoms in total.